The van der Waals surface area contributed by atoms with Crippen molar-refractivity contribution in [2.45, 2.75) is 25.9 Å². The summed E-state index contributed by atoms with van der Waals surface area (Å²) in [6.07, 6.45) is 1.79. The number of hydrogen-bond acceptors (Lipinski definition) is 3. The zero-order chi connectivity index (χ0) is 23.1. The van der Waals surface area contributed by atoms with Crippen LogP contribution in [-0.4, -0.2) is 10.1 Å². The van der Waals surface area contributed by atoms with Crippen LogP contribution in [0.5, 0.6) is 0 Å². The number of aryl methyl sites for hydroxylation is 2. The van der Waals surface area contributed by atoms with Crippen LogP contribution in [0, 0.1) is 13.8 Å². The maximum atomic E-state index is 6.39. The molecule has 2 atom stereocenters. The second kappa shape index (κ2) is 8.82. The highest BCUT2D eigenvalue weighted by molar-refractivity contribution is 7.80. The Bertz CT molecular complexity index is 1320. The number of benzene rings is 2. The van der Waals surface area contributed by atoms with Gasteiger partial charge in [-0.2, -0.15) is 0 Å². The molecule has 1 N–H and O–H groups in total. The lowest BCUT2D eigenvalue weighted by Crippen LogP contribution is -2.29. The Labute approximate surface area is 208 Å². The Morgan fingerprint density at radius 1 is 0.939 bits per heavy atom. The Balaban J connectivity index is 1.61. The smallest absolute Gasteiger partial charge is 0.174 e. The molecule has 166 valence electrons. The average Bonchev–Trinajstić information content (AvgIpc) is 3.40. The number of pyridine rings is 1. The number of nitrogens with zero attached hydrogens (tertiary/aromatic N) is 2. The predicted octanol–water partition coefficient (Wildman–Crippen LogP) is 7.44. The van der Waals surface area contributed by atoms with E-state index in [0.29, 0.717) is 20.9 Å². The van der Waals surface area contributed by atoms with Crippen LogP contribution in [0.1, 0.15) is 34.7 Å². The third-order valence-electron chi connectivity index (χ3n) is 5.71. The van der Waals surface area contributed by atoms with Crippen molar-refractivity contribution in [1.29, 1.82) is 0 Å². The minimum atomic E-state index is -0.217. The number of anilines is 1. The molecule has 0 bridgehead atoms. The van der Waals surface area contributed by atoms with Crippen molar-refractivity contribution in [3.8, 4) is 11.3 Å². The van der Waals surface area contributed by atoms with E-state index in [1.54, 1.807) is 12.3 Å². The highest BCUT2D eigenvalue weighted by Gasteiger charge is 2.42. The van der Waals surface area contributed by atoms with E-state index in [-0.39, 0.29) is 12.1 Å². The molecule has 0 aliphatic carbocycles. The van der Waals surface area contributed by atoms with Gasteiger partial charge in [0.2, 0.25) is 0 Å². The molecule has 0 radical (unpaired) electrons. The number of rotatable bonds is 4. The molecular weight excluding hydrogens is 473 g/mol. The van der Waals surface area contributed by atoms with Crippen molar-refractivity contribution in [2.75, 3.05) is 4.90 Å². The highest BCUT2D eigenvalue weighted by atomic mass is 35.5. The Kier molecular flexibility index (Phi) is 5.87. The SMILES string of the molecule is Cc1cc(C)cc(N2C(=S)N[C@@H](c3ccccn3)[C@@H]2c2ccc(-c3ccc(Cl)c(Cl)c3)o2)c1. The molecule has 0 amide bonds. The number of aromatic nitrogens is 1. The van der Waals surface area contributed by atoms with Crippen LogP contribution in [-0.2, 0) is 0 Å². The van der Waals surface area contributed by atoms with Crippen LogP contribution in [0.25, 0.3) is 11.3 Å². The molecule has 5 rings (SSSR count). The van der Waals surface area contributed by atoms with E-state index in [4.69, 9.17) is 39.8 Å². The van der Waals surface area contributed by atoms with Crippen LogP contribution < -0.4 is 10.2 Å². The standard InChI is InChI=1S/C26H21Cl2N3OS/c1-15-11-16(2)13-18(12-15)31-25(24(30-26(31)33)21-5-3-4-10-29-21)23-9-8-22(32-23)17-6-7-19(27)20(28)14-17/h3-14,24-25H,1-2H3,(H,30,33)/t24-,25-/m0/s1. The largest absolute Gasteiger partial charge is 0.459 e. The number of hydrogen-bond donors (Lipinski definition) is 1. The molecule has 7 heteroatoms. The summed E-state index contributed by atoms with van der Waals surface area (Å²) in [5, 5.41) is 5.09. The molecule has 3 heterocycles. The summed E-state index contributed by atoms with van der Waals surface area (Å²) < 4.78 is 6.39. The van der Waals surface area contributed by atoms with Crippen molar-refractivity contribution in [2.24, 2.45) is 0 Å². The van der Waals surface area contributed by atoms with Crippen molar-refractivity contribution in [3.05, 3.63) is 106 Å². The number of nitrogens with one attached hydrogen (secondary N) is 1. The van der Waals surface area contributed by atoms with Gasteiger partial charge in [0.25, 0.3) is 0 Å². The molecule has 0 unspecified atom stereocenters. The van der Waals surface area contributed by atoms with E-state index in [2.05, 4.69) is 47.2 Å². The van der Waals surface area contributed by atoms with Crippen molar-refractivity contribution in [1.82, 2.24) is 10.3 Å². The number of thiocarbonyl (C=S) groups is 1. The van der Waals surface area contributed by atoms with Crippen LogP contribution in [0.3, 0.4) is 0 Å². The average molecular weight is 494 g/mol. The minimum absolute atomic E-state index is 0.174. The van der Waals surface area contributed by atoms with Gasteiger partial charge in [0.15, 0.2) is 5.11 Å². The molecule has 2 aromatic heterocycles. The summed E-state index contributed by atoms with van der Waals surface area (Å²) >= 11 is 18.1. The van der Waals surface area contributed by atoms with Gasteiger partial charge < -0.3 is 14.6 Å². The van der Waals surface area contributed by atoms with Gasteiger partial charge in [-0.15, -0.1) is 0 Å². The lowest BCUT2D eigenvalue weighted by molar-refractivity contribution is 0.439. The summed E-state index contributed by atoms with van der Waals surface area (Å²) in [6, 6.07) is 21.3. The van der Waals surface area contributed by atoms with Gasteiger partial charge in [-0.05, 0) is 91.8 Å². The van der Waals surface area contributed by atoms with Gasteiger partial charge >= 0.3 is 0 Å². The van der Waals surface area contributed by atoms with Crippen LogP contribution in [0.15, 0.2) is 77.3 Å². The molecule has 33 heavy (non-hydrogen) atoms. The minimum Gasteiger partial charge on any atom is -0.459 e. The molecule has 1 fully saturated rings. The van der Waals surface area contributed by atoms with Crippen LogP contribution in [0.2, 0.25) is 10.0 Å². The molecule has 1 aliphatic heterocycles. The Hall–Kier alpha value is -2.86. The summed E-state index contributed by atoms with van der Waals surface area (Å²) in [5.41, 5.74) is 5.11. The van der Waals surface area contributed by atoms with Gasteiger partial charge in [0.1, 0.15) is 17.6 Å². The monoisotopic (exact) mass is 493 g/mol. The molecule has 4 nitrogen and oxygen atoms in total. The molecule has 2 aromatic carbocycles. The third kappa shape index (κ3) is 4.24. The quantitative estimate of drug-likeness (QED) is 0.299. The first-order valence-corrected chi connectivity index (χ1v) is 11.7. The summed E-state index contributed by atoms with van der Waals surface area (Å²) in [4.78, 5) is 6.72. The maximum Gasteiger partial charge on any atom is 0.174 e. The molecule has 1 saturated heterocycles. The fourth-order valence-electron chi connectivity index (χ4n) is 4.33. The Morgan fingerprint density at radius 2 is 1.73 bits per heavy atom. The van der Waals surface area contributed by atoms with Gasteiger partial charge in [-0.1, -0.05) is 35.3 Å². The van der Waals surface area contributed by atoms with Crippen molar-refractivity contribution in [3.63, 3.8) is 0 Å². The summed E-state index contributed by atoms with van der Waals surface area (Å²) in [6.45, 7) is 4.17. The number of halogens is 2. The first-order chi connectivity index (χ1) is 15.9. The first-order valence-electron chi connectivity index (χ1n) is 10.5. The fraction of sp³-hybridized carbons (Fsp3) is 0.154. The molecule has 0 spiro atoms. The molecule has 1 aliphatic rings. The van der Waals surface area contributed by atoms with Crippen molar-refractivity contribution < 1.29 is 4.42 Å². The van der Waals surface area contributed by atoms with Crippen LogP contribution >= 0.6 is 35.4 Å². The maximum absolute atomic E-state index is 6.39. The van der Waals surface area contributed by atoms with E-state index in [1.807, 2.05) is 42.5 Å². The highest BCUT2D eigenvalue weighted by Crippen LogP contribution is 2.43. The Morgan fingerprint density at radius 3 is 2.42 bits per heavy atom. The normalized spacial score (nSPS) is 17.9. The second-order valence-electron chi connectivity index (χ2n) is 8.17. The van der Waals surface area contributed by atoms with Gasteiger partial charge in [-0.25, -0.2) is 0 Å². The molecule has 0 saturated carbocycles. The second-order valence-corrected chi connectivity index (χ2v) is 9.37. The van der Waals surface area contributed by atoms with E-state index >= 15 is 0 Å². The van der Waals surface area contributed by atoms with E-state index < -0.39 is 0 Å². The lowest BCUT2D eigenvalue weighted by atomic mass is 10.0. The molecule has 4 aromatic rings. The zero-order valence-electron chi connectivity index (χ0n) is 18.0. The molecular formula is C26H21Cl2N3OS. The topological polar surface area (TPSA) is 41.3 Å². The fourth-order valence-corrected chi connectivity index (χ4v) is 4.97. The van der Waals surface area contributed by atoms with Crippen LogP contribution in [0.4, 0.5) is 5.69 Å². The van der Waals surface area contributed by atoms with E-state index in [0.717, 1.165) is 22.7 Å². The predicted molar refractivity (Wildman–Crippen MR) is 138 cm³/mol. The van der Waals surface area contributed by atoms with Gasteiger partial charge in [-0.3, -0.25) is 4.98 Å². The van der Waals surface area contributed by atoms with Crippen molar-refractivity contribution >= 4 is 46.2 Å². The van der Waals surface area contributed by atoms with E-state index in [1.165, 1.54) is 11.1 Å². The third-order valence-corrected chi connectivity index (χ3v) is 6.76. The van der Waals surface area contributed by atoms with Gasteiger partial charge in [0, 0.05) is 17.4 Å². The first kappa shape index (κ1) is 22.0. The van der Waals surface area contributed by atoms with E-state index in [9.17, 15) is 0 Å². The number of furan rings is 1. The summed E-state index contributed by atoms with van der Waals surface area (Å²) in [5.74, 6) is 1.49. The lowest BCUT2D eigenvalue weighted by Gasteiger charge is -2.26. The van der Waals surface area contributed by atoms with Gasteiger partial charge in [0.05, 0.1) is 21.8 Å². The zero-order valence-corrected chi connectivity index (χ0v) is 20.4. The summed E-state index contributed by atoms with van der Waals surface area (Å²) in [7, 11) is 0.